The highest BCUT2D eigenvalue weighted by atomic mass is 35.5. The number of ether oxygens (including phenoxy) is 1. The first kappa shape index (κ1) is 20.4. The monoisotopic (exact) mass is 408 g/mol. The predicted octanol–water partition coefficient (Wildman–Crippen LogP) is 4.00. The van der Waals surface area contributed by atoms with E-state index in [1.54, 1.807) is 12.1 Å². The van der Waals surface area contributed by atoms with Crippen LogP contribution in [0.1, 0.15) is 6.92 Å². The first-order valence-electron chi connectivity index (χ1n) is 7.59. The van der Waals surface area contributed by atoms with Gasteiger partial charge in [-0.05, 0) is 31.2 Å². The number of halogens is 4. The minimum atomic E-state index is -4.54. The van der Waals surface area contributed by atoms with Gasteiger partial charge in [0.2, 0.25) is 0 Å². The van der Waals surface area contributed by atoms with E-state index in [0.717, 1.165) is 5.56 Å². The average Bonchev–Trinajstić information content (AvgIpc) is 3.00. The zero-order valence-corrected chi connectivity index (χ0v) is 15.3. The van der Waals surface area contributed by atoms with Crippen molar-refractivity contribution in [1.29, 1.82) is 0 Å². The summed E-state index contributed by atoms with van der Waals surface area (Å²) in [6.07, 6.45) is -5.65. The smallest absolute Gasteiger partial charge is 0.422 e. The zero-order chi connectivity index (χ0) is 19.2. The van der Waals surface area contributed by atoms with Gasteiger partial charge in [-0.3, -0.25) is 0 Å². The summed E-state index contributed by atoms with van der Waals surface area (Å²) >= 11 is 7.21. The molecule has 1 N–H and O–H groups in total. The van der Waals surface area contributed by atoms with E-state index in [9.17, 15) is 18.0 Å². The van der Waals surface area contributed by atoms with E-state index in [4.69, 9.17) is 11.6 Å². The fraction of sp³-hybridized carbons (Fsp3) is 0.400. The van der Waals surface area contributed by atoms with Crippen LogP contribution in [0.2, 0.25) is 5.02 Å². The number of nitrogens with zero attached hydrogens (tertiary/aromatic N) is 3. The van der Waals surface area contributed by atoms with Crippen LogP contribution in [0.15, 0.2) is 29.4 Å². The Hall–Kier alpha value is -1.94. The Kier molecular flexibility index (Phi) is 7.15. The fourth-order valence-corrected chi connectivity index (χ4v) is 2.97. The van der Waals surface area contributed by atoms with Crippen LogP contribution in [-0.2, 0) is 11.3 Å². The van der Waals surface area contributed by atoms with Crippen molar-refractivity contribution in [2.45, 2.75) is 24.8 Å². The standard InChI is InChI=1S/C15H16ClF3N4O2S/c1-2-23-12(10-3-5-11(16)6-4-10)21-22-13(23)26-8-7-20-14(24)25-9-15(17,18)19/h3-6H,2,7-9H2,1H3,(H,20,24). The van der Waals surface area contributed by atoms with Gasteiger partial charge in [0.15, 0.2) is 17.6 Å². The molecule has 11 heteroatoms. The molecule has 0 aliphatic carbocycles. The largest absolute Gasteiger partial charge is 0.440 e. The summed E-state index contributed by atoms with van der Waals surface area (Å²) in [6, 6.07) is 7.19. The Morgan fingerprint density at radius 1 is 1.31 bits per heavy atom. The predicted molar refractivity (Wildman–Crippen MR) is 92.3 cm³/mol. The number of aromatic nitrogens is 3. The van der Waals surface area contributed by atoms with E-state index in [1.165, 1.54) is 11.8 Å². The molecule has 0 aliphatic rings. The van der Waals surface area contributed by atoms with E-state index in [-0.39, 0.29) is 6.54 Å². The quantitative estimate of drug-likeness (QED) is 0.554. The second kappa shape index (κ2) is 9.13. The lowest BCUT2D eigenvalue weighted by Gasteiger charge is -2.09. The summed E-state index contributed by atoms with van der Waals surface area (Å²) in [5.41, 5.74) is 0.865. The molecule has 0 fully saturated rings. The number of alkyl carbamates (subject to hydrolysis) is 1. The second-order valence-corrected chi connectivity index (χ2v) is 6.52. The Morgan fingerprint density at radius 3 is 2.62 bits per heavy atom. The lowest BCUT2D eigenvalue weighted by molar-refractivity contribution is -0.160. The van der Waals surface area contributed by atoms with Crippen molar-refractivity contribution in [3.8, 4) is 11.4 Å². The number of thioether (sulfide) groups is 1. The van der Waals surface area contributed by atoms with E-state index in [2.05, 4.69) is 20.3 Å². The molecule has 0 radical (unpaired) electrons. The lowest BCUT2D eigenvalue weighted by atomic mass is 10.2. The van der Waals surface area contributed by atoms with Crippen molar-refractivity contribution in [1.82, 2.24) is 20.1 Å². The van der Waals surface area contributed by atoms with Crippen molar-refractivity contribution >= 4 is 29.5 Å². The van der Waals surface area contributed by atoms with E-state index in [1.807, 2.05) is 23.6 Å². The SMILES string of the molecule is CCn1c(SCCNC(=O)OCC(F)(F)F)nnc1-c1ccc(Cl)cc1. The molecule has 1 aromatic carbocycles. The van der Waals surface area contributed by atoms with E-state index >= 15 is 0 Å². The van der Waals surface area contributed by atoms with Crippen LogP contribution < -0.4 is 5.32 Å². The summed E-state index contributed by atoms with van der Waals surface area (Å²) in [6.45, 7) is 1.10. The molecule has 0 spiro atoms. The number of hydrogen-bond acceptors (Lipinski definition) is 5. The van der Waals surface area contributed by atoms with Gasteiger partial charge in [-0.25, -0.2) is 4.79 Å². The van der Waals surface area contributed by atoms with Crippen molar-refractivity contribution in [2.24, 2.45) is 0 Å². The van der Waals surface area contributed by atoms with Crippen LogP contribution in [-0.4, -0.2) is 45.9 Å². The molecule has 2 aromatic rings. The molecule has 1 aromatic heterocycles. The van der Waals surface area contributed by atoms with Crippen LogP contribution in [0.4, 0.5) is 18.0 Å². The number of carbonyl (C=O) groups is 1. The Bertz CT molecular complexity index is 737. The number of alkyl halides is 3. The molecule has 1 amide bonds. The van der Waals surface area contributed by atoms with Crippen LogP contribution in [0.5, 0.6) is 0 Å². The normalized spacial score (nSPS) is 11.4. The van der Waals surface area contributed by atoms with Gasteiger partial charge >= 0.3 is 12.3 Å². The van der Waals surface area contributed by atoms with Gasteiger partial charge < -0.3 is 14.6 Å². The molecule has 26 heavy (non-hydrogen) atoms. The molecule has 0 saturated heterocycles. The third kappa shape index (κ3) is 6.10. The molecule has 142 valence electrons. The molecule has 0 atom stereocenters. The zero-order valence-electron chi connectivity index (χ0n) is 13.7. The maximum Gasteiger partial charge on any atom is 0.422 e. The van der Waals surface area contributed by atoms with Crippen molar-refractivity contribution in [3.05, 3.63) is 29.3 Å². The molecule has 0 aliphatic heterocycles. The van der Waals surface area contributed by atoms with Gasteiger partial charge in [0.25, 0.3) is 0 Å². The molecular weight excluding hydrogens is 393 g/mol. The summed E-state index contributed by atoms with van der Waals surface area (Å²) in [5, 5.41) is 11.8. The van der Waals surface area contributed by atoms with Gasteiger partial charge in [0.1, 0.15) is 0 Å². The van der Waals surface area contributed by atoms with Gasteiger partial charge in [0.05, 0.1) is 0 Å². The molecule has 1 heterocycles. The Morgan fingerprint density at radius 2 is 2.00 bits per heavy atom. The summed E-state index contributed by atoms with van der Waals surface area (Å²) in [7, 11) is 0. The number of nitrogens with one attached hydrogen (secondary N) is 1. The number of carbonyl (C=O) groups excluding carboxylic acids is 1. The third-order valence-electron chi connectivity index (χ3n) is 3.10. The van der Waals surface area contributed by atoms with Crippen molar-refractivity contribution < 1.29 is 22.7 Å². The van der Waals surface area contributed by atoms with Crippen LogP contribution in [0.3, 0.4) is 0 Å². The number of hydrogen-bond donors (Lipinski definition) is 1. The summed E-state index contributed by atoms with van der Waals surface area (Å²) in [5.74, 6) is 1.09. The fourth-order valence-electron chi connectivity index (χ4n) is 1.99. The Balaban J connectivity index is 1.87. The molecule has 2 rings (SSSR count). The number of benzene rings is 1. The maximum absolute atomic E-state index is 11.9. The van der Waals surface area contributed by atoms with Gasteiger partial charge in [0, 0.05) is 29.4 Å². The highest BCUT2D eigenvalue weighted by molar-refractivity contribution is 7.99. The van der Waals surface area contributed by atoms with E-state index < -0.39 is 18.9 Å². The van der Waals surface area contributed by atoms with E-state index in [0.29, 0.717) is 28.3 Å². The molecule has 0 bridgehead atoms. The van der Waals surface area contributed by atoms with Gasteiger partial charge in [-0.1, -0.05) is 23.4 Å². The second-order valence-electron chi connectivity index (χ2n) is 5.02. The number of amides is 1. The first-order chi connectivity index (χ1) is 12.3. The topological polar surface area (TPSA) is 69.0 Å². The molecule has 0 unspecified atom stereocenters. The van der Waals surface area contributed by atoms with Gasteiger partial charge in [-0.2, -0.15) is 13.2 Å². The minimum Gasteiger partial charge on any atom is -0.440 e. The lowest BCUT2D eigenvalue weighted by Crippen LogP contribution is -2.30. The van der Waals surface area contributed by atoms with Crippen LogP contribution in [0.25, 0.3) is 11.4 Å². The summed E-state index contributed by atoms with van der Waals surface area (Å²) in [4.78, 5) is 11.2. The first-order valence-corrected chi connectivity index (χ1v) is 8.96. The van der Waals surface area contributed by atoms with Crippen LogP contribution in [0, 0.1) is 0 Å². The molecular formula is C15H16ClF3N4O2S. The highest BCUT2D eigenvalue weighted by Crippen LogP contribution is 2.24. The third-order valence-corrected chi connectivity index (χ3v) is 4.33. The van der Waals surface area contributed by atoms with Crippen molar-refractivity contribution in [3.63, 3.8) is 0 Å². The number of rotatable bonds is 7. The average molecular weight is 409 g/mol. The van der Waals surface area contributed by atoms with Crippen LogP contribution >= 0.6 is 23.4 Å². The van der Waals surface area contributed by atoms with Crippen molar-refractivity contribution in [2.75, 3.05) is 18.9 Å². The highest BCUT2D eigenvalue weighted by Gasteiger charge is 2.29. The van der Waals surface area contributed by atoms with Gasteiger partial charge in [-0.15, -0.1) is 10.2 Å². The maximum atomic E-state index is 11.9. The molecule has 6 nitrogen and oxygen atoms in total. The molecule has 0 saturated carbocycles. The minimum absolute atomic E-state index is 0.133. The summed E-state index contributed by atoms with van der Waals surface area (Å²) < 4.78 is 41.8. The Labute approximate surface area is 157 Å².